The molecule has 3 nitrogen and oxygen atoms in total. The number of fused-ring (bicyclic) bond motifs is 1. The summed E-state index contributed by atoms with van der Waals surface area (Å²) in [7, 11) is 0. The van der Waals surface area contributed by atoms with Gasteiger partial charge in [0.05, 0.1) is 11.1 Å². The van der Waals surface area contributed by atoms with Crippen LogP contribution in [-0.2, 0) is 0 Å². The highest BCUT2D eigenvalue weighted by Gasteiger charge is 2.19. The van der Waals surface area contributed by atoms with E-state index in [2.05, 4.69) is 10.3 Å². The zero-order chi connectivity index (χ0) is 13.9. The predicted molar refractivity (Wildman–Crippen MR) is 84.2 cm³/mol. The van der Waals surface area contributed by atoms with E-state index in [1.807, 2.05) is 37.4 Å². The average Bonchev–Trinajstić information content (AvgIpc) is 2.36. The summed E-state index contributed by atoms with van der Waals surface area (Å²) in [5, 5.41) is 15.1. The van der Waals surface area contributed by atoms with Gasteiger partial charge < -0.3 is 10.4 Å². The Morgan fingerprint density at radius 2 is 2.21 bits per heavy atom. The van der Waals surface area contributed by atoms with Crippen LogP contribution in [0.4, 0.5) is 5.69 Å². The molecule has 0 bridgehead atoms. The first-order chi connectivity index (χ1) is 9.02. The molecule has 1 aromatic carbocycles. The number of hydrogen-bond acceptors (Lipinski definition) is 4. The molecule has 0 spiro atoms. The monoisotopic (exact) mass is 296 g/mol. The molecule has 1 aromatic heterocycles. The molecule has 1 heterocycles. The highest BCUT2D eigenvalue weighted by Crippen LogP contribution is 2.25. The summed E-state index contributed by atoms with van der Waals surface area (Å²) in [4.78, 5) is 4.29. The smallest absolute Gasteiger partial charge is 0.0880 e. The van der Waals surface area contributed by atoms with Crippen molar-refractivity contribution in [3.63, 3.8) is 0 Å². The van der Waals surface area contributed by atoms with E-state index in [1.54, 1.807) is 18.0 Å². The lowest BCUT2D eigenvalue weighted by Gasteiger charge is -2.23. The maximum atomic E-state index is 10.2. The van der Waals surface area contributed by atoms with Crippen LogP contribution in [0.15, 0.2) is 30.5 Å². The van der Waals surface area contributed by atoms with Gasteiger partial charge in [0.2, 0.25) is 0 Å². The van der Waals surface area contributed by atoms with E-state index < -0.39 is 5.60 Å². The van der Waals surface area contributed by atoms with E-state index in [-0.39, 0.29) is 0 Å². The normalized spacial score (nSPS) is 14.3. The van der Waals surface area contributed by atoms with Crippen molar-refractivity contribution < 1.29 is 5.11 Å². The number of rotatable bonds is 5. The van der Waals surface area contributed by atoms with E-state index in [4.69, 9.17) is 11.6 Å². The molecule has 0 aliphatic carbocycles. The number of nitrogens with one attached hydrogen (secondary N) is 1. The molecular weight excluding hydrogens is 280 g/mol. The molecule has 0 aliphatic heterocycles. The van der Waals surface area contributed by atoms with Gasteiger partial charge in [-0.2, -0.15) is 11.8 Å². The molecule has 0 saturated carbocycles. The summed E-state index contributed by atoms with van der Waals surface area (Å²) in [6, 6.07) is 7.53. The van der Waals surface area contributed by atoms with Crippen LogP contribution in [0.3, 0.4) is 0 Å². The van der Waals surface area contributed by atoms with Crippen molar-refractivity contribution in [2.24, 2.45) is 0 Å². The van der Waals surface area contributed by atoms with Crippen molar-refractivity contribution in [2.45, 2.75) is 12.5 Å². The second-order valence-corrected chi connectivity index (χ2v) is 6.11. The number of nitrogens with zero attached hydrogens (tertiary/aromatic N) is 1. The molecule has 19 heavy (non-hydrogen) atoms. The van der Waals surface area contributed by atoms with Crippen LogP contribution in [0.5, 0.6) is 0 Å². The minimum atomic E-state index is -0.735. The number of halogens is 1. The molecule has 2 aromatic rings. The summed E-state index contributed by atoms with van der Waals surface area (Å²) in [5.74, 6) is 0.689. The fourth-order valence-electron chi connectivity index (χ4n) is 1.92. The van der Waals surface area contributed by atoms with E-state index >= 15 is 0 Å². The third-order valence-corrected chi connectivity index (χ3v) is 3.97. The van der Waals surface area contributed by atoms with Crippen molar-refractivity contribution >= 4 is 40.0 Å². The predicted octanol–water partition coefficient (Wildman–Crippen LogP) is 3.41. The van der Waals surface area contributed by atoms with Crippen molar-refractivity contribution in [1.82, 2.24) is 4.98 Å². The zero-order valence-electron chi connectivity index (χ0n) is 11.0. The molecule has 5 heteroatoms. The molecule has 0 amide bonds. The Labute approximate surface area is 122 Å². The van der Waals surface area contributed by atoms with Crippen molar-refractivity contribution in [2.75, 3.05) is 23.9 Å². The van der Waals surface area contributed by atoms with Crippen LogP contribution >= 0.6 is 23.4 Å². The molecule has 1 atom stereocenters. The summed E-state index contributed by atoms with van der Waals surface area (Å²) >= 11 is 7.59. The molecule has 2 rings (SSSR count). The fraction of sp³-hybridized carbons (Fsp3) is 0.357. The van der Waals surface area contributed by atoms with Gasteiger partial charge in [-0.1, -0.05) is 11.6 Å². The van der Waals surface area contributed by atoms with Crippen LogP contribution < -0.4 is 5.32 Å². The molecular formula is C14H17ClN2OS. The lowest BCUT2D eigenvalue weighted by Crippen LogP contribution is -2.36. The lowest BCUT2D eigenvalue weighted by molar-refractivity contribution is 0.0997. The third kappa shape index (κ3) is 3.75. The highest BCUT2D eigenvalue weighted by molar-refractivity contribution is 7.98. The lowest BCUT2D eigenvalue weighted by atomic mass is 10.1. The summed E-state index contributed by atoms with van der Waals surface area (Å²) in [6.45, 7) is 2.33. The van der Waals surface area contributed by atoms with Crippen LogP contribution in [0.2, 0.25) is 5.02 Å². The van der Waals surface area contributed by atoms with E-state index in [9.17, 15) is 5.11 Å². The molecule has 0 fully saturated rings. The van der Waals surface area contributed by atoms with Gasteiger partial charge in [-0.25, -0.2) is 0 Å². The molecule has 1 unspecified atom stereocenters. The number of anilines is 1. The number of thioether (sulfide) groups is 1. The van der Waals surface area contributed by atoms with Gasteiger partial charge in [-0.3, -0.25) is 4.98 Å². The Hall–Kier alpha value is -0.970. The first kappa shape index (κ1) is 14.4. The number of aromatic nitrogens is 1. The molecule has 0 aliphatic rings. The Morgan fingerprint density at radius 3 is 2.95 bits per heavy atom. The number of benzene rings is 1. The minimum Gasteiger partial charge on any atom is -0.387 e. The molecule has 0 radical (unpaired) electrons. The second-order valence-electron chi connectivity index (χ2n) is 4.80. The quantitative estimate of drug-likeness (QED) is 0.887. The van der Waals surface area contributed by atoms with E-state index in [0.29, 0.717) is 17.3 Å². The van der Waals surface area contributed by atoms with Gasteiger partial charge >= 0.3 is 0 Å². The largest absolute Gasteiger partial charge is 0.387 e. The maximum Gasteiger partial charge on any atom is 0.0880 e. The second kappa shape index (κ2) is 5.99. The van der Waals surface area contributed by atoms with Crippen molar-refractivity contribution in [1.29, 1.82) is 0 Å². The molecule has 0 saturated heterocycles. The highest BCUT2D eigenvalue weighted by atomic mass is 35.5. The number of hydrogen-bond donors (Lipinski definition) is 2. The number of pyridine rings is 1. The standard InChI is InChI=1S/C14H17ClN2OS/c1-14(18,9-19-2)8-17-12-5-6-16-13-7-10(15)3-4-11(12)13/h3-7,18H,8-9H2,1-2H3,(H,16,17). The Balaban J connectivity index is 2.21. The minimum absolute atomic E-state index is 0.496. The van der Waals surface area contributed by atoms with Gasteiger partial charge in [0.25, 0.3) is 0 Å². The topological polar surface area (TPSA) is 45.1 Å². The third-order valence-electron chi connectivity index (χ3n) is 2.82. The van der Waals surface area contributed by atoms with Crippen molar-refractivity contribution in [3.05, 3.63) is 35.5 Å². The Morgan fingerprint density at radius 1 is 1.42 bits per heavy atom. The van der Waals surface area contributed by atoms with Crippen LogP contribution in [0.25, 0.3) is 10.9 Å². The average molecular weight is 297 g/mol. The SMILES string of the molecule is CSCC(C)(O)CNc1ccnc2cc(Cl)ccc12. The maximum absolute atomic E-state index is 10.2. The summed E-state index contributed by atoms with van der Waals surface area (Å²) in [5.41, 5.74) is 1.08. The Bertz CT molecular complexity index is 574. The van der Waals surface area contributed by atoms with Crippen LogP contribution in [0, 0.1) is 0 Å². The summed E-state index contributed by atoms with van der Waals surface area (Å²) in [6.07, 6.45) is 3.72. The zero-order valence-corrected chi connectivity index (χ0v) is 12.6. The van der Waals surface area contributed by atoms with Crippen molar-refractivity contribution in [3.8, 4) is 0 Å². The van der Waals surface area contributed by atoms with Gasteiger partial charge in [0.15, 0.2) is 0 Å². The molecule has 2 N–H and O–H groups in total. The van der Waals surface area contributed by atoms with Gasteiger partial charge in [-0.15, -0.1) is 0 Å². The first-order valence-corrected chi connectivity index (χ1v) is 7.78. The summed E-state index contributed by atoms with van der Waals surface area (Å²) < 4.78 is 0. The number of aliphatic hydroxyl groups is 1. The van der Waals surface area contributed by atoms with Gasteiger partial charge in [-0.05, 0) is 37.4 Å². The van der Waals surface area contributed by atoms with E-state index in [0.717, 1.165) is 16.6 Å². The van der Waals surface area contributed by atoms with Gasteiger partial charge in [0, 0.05) is 34.6 Å². The van der Waals surface area contributed by atoms with Crippen LogP contribution in [-0.4, -0.2) is 34.2 Å². The fourth-order valence-corrected chi connectivity index (χ4v) is 2.81. The van der Waals surface area contributed by atoms with Gasteiger partial charge in [0.1, 0.15) is 0 Å². The van der Waals surface area contributed by atoms with E-state index in [1.165, 1.54) is 0 Å². The molecule has 102 valence electrons. The van der Waals surface area contributed by atoms with Crippen LogP contribution in [0.1, 0.15) is 6.92 Å². The Kier molecular flexibility index (Phi) is 4.55. The first-order valence-electron chi connectivity index (χ1n) is 6.01.